The summed E-state index contributed by atoms with van der Waals surface area (Å²) in [5.41, 5.74) is 2.42. The van der Waals surface area contributed by atoms with Gasteiger partial charge in [-0.05, 0) is 30.5 Å². The van der Waals surface area contributed by atoms with E-state index in [1.54, 1.807) is 0 Å². The predicted molar refractivity (Wildman–Crippen MR) is 124 cm³/mol. The number of benzene rings is 2. The van der Waals surface area contributed by atoms with Gasteiger partial charge in [-0.3, -0.25) is 4.90 Å². The van der Waals surface area contributed by atoms with E-state index >= 15 is 0 Å². The lowest BCUT2D eigenvalue weighted by molar-refractivity contribution is 0.249. The van der Waals surface area contributed by atoms with Crippen LogP contribution in [0.25, 0.3) is 10.9 Å². The molecule has 5 nitrogen and oxygen atoms in total. The summed E-state index contributed by atoms with van der Waals surface area (Å²) in [6, 6.07) is 19.7. The molecule has 1 aromatic heterocycles. The van der Waals surface area contributed by atoms with E-state index in [0.29, 0.717) is 6.04 Å². The van der Waals surface area contributed by atoms with Crippen molar-refractivity contribution in [1.82, 2.24) is 14.9 Å². The van der Waals surface area contributed by atoms with Crippen molar-refractivity contribution < 1.29 is 0 Å². The largest absolute Gasteiger partial charge is 0.367 e. The van der Waals surface area contributed by atoms with E-state index < -0.39 is 0 Å². The van der Waals surface area contributed by atoms with Crippen molar-refractivity contribution in [2.24, 2.45) is 0 Å². The number of aromatic nitrogens is 2. The van der Waals surface area contributed by atoms with Crippen molar-refractivity contribution in [2.45, 2.75) is 44.7 Å². The topological polar surface area (TPSA) is 44.3 Å². The molecular formula is C25H31N5. The van der Waals surface area contributed by atoms with Crippen LogP contribution in [0, 0.1) is 0 Å². The third-order valence-corrected chi connectivity index (χ3v) is 6.44. The van der Waals surface area contributed by atoms with E-state index in [4.69, 9.17) is 9.97 Å². The highest BCUT2D eigenvalue weighted by Crippen LogP contribution is 2.27. The number of hydrogen-bond acceptors (Lipinski definition) is 5. The minimum absolute atomic E-state index is 0.535. The molecule has 2 heterocycles. The van der Waals surface area contributed by atoms with Crippen LogP contribution < -0.4 is 10.2 Å². The minimum Gasteiger partial charge on any atom is -0.367 e. The average molecular weight is 402 g/mol. The lowest BCUT2D eigenvalue weighted by atomic mass is 9.95. The van der Waals surface area contributed by atoms with E-state index in [1.807, 2.05) is 0 Å². The van der Waals surface area contributed by atoms with Crippen molar-refractivity contribution in [1.29, 1.82) is 0 Å². The molecular weight excluding hydrogens is 370 g/mol. The summed E-state index contributed by atoms with van der Waals surface area (Å²) in [4.78, 5) is 14.8. The van der Waals surface area contributed by atoms with Gasteiger partial charge in [0.25, 0.3) is 0 Å². The summed E-state index contributed by atoms with van der Waals surface area (Å²) in [7, 11) is 0. The molecule has 2 aromatic carbocycles. The van der Waals surface area contributed by atoms with Crippen LogP contribution in [0.2, 0.25) is 0 Å². The molecule has 3 aromatic rings. The van der Waals surface area contributed by atoms with Crippen molar-refractivity contribution in [3.05, 3.63) is 60.2 Å². The van der Waals surface area contributed by atoms with Crippen LogP contribution in [0.5, 0.6) is 0 Å². The van der Waals surface area contributed by atoms with Crippen LogP contribution in [0.4, 0.5) is 11.8 Å². The highest BCUT2D eigenvalue weighted by Gasteiger charge is 2.21. The third-order valence-electron chi connectivity index (χ3n) is 6.44. The fourth-order valence-corrected chi connectivity index (χ4v) is 4.70. The molecule has 1 saturated carbocycles. The Bertz CT molecular complexity index is 960. The van der Waals surface area contributed by atoms with Gasteiger partial charge in [0.2, 0.25) is 5.95 Å². The molecule has 0 atom stereocenters. The van der Waals surface area contributed by atoms with Gasteiger partial charge in [-0.1, -0.05) is 61.7 Å². The molecule has 2 aliphatic rings. The molecule has 1 aliphatic heterocycles. The number of nitrogens with zero attached hydrogens (tertiary/aromatic N) is 4. The Balaban J connectivity index is 1.32. The van der Waals surface area contributed by atoms with E-state index in [9.17, 15) is 0 Å². The van der Waals surface area contributed by atoms with Gasteiger partial charge >= 0.3 is 0 Å². The van der Waals surface area contributed by atoms with Crippen molar-refractivity contribution in [2.75, 3.05) is 36.4 Å². The van der Waals surface area contributed by atoms with Gasteiger partial charge in [-0.25, -0.2) is 4.98 Å². The van der Waals surface area contributed by atoms with Crippen LogP contribution in [0.15, 0.2) is 54.6 Å². The number of rotatable bonds is 5. The van der Waals surface area contributed by atoms with Crippen LogP contribution in [-0.4, -0.2) is 47.1 Å². The maximum absolute atomic E-state index is 5.01. The molecule has 0 unspecified atom stereocenters. The van der Waals surface area contributed by atoms with Gasteiger partial charge in [0.1, 0.15) is 5.82 Å². The molecule has 1 saturated heterocycles. The van der Waals surface area contributed by atoms with E-state index in [2.05, 4.69) is 69.7 Å². The molecule has 0 amide bonds. The zero-order valence-corrected chi connectivity index (χ0v) is 17.6. The van der Waals surface area contributed by atoms with Gasteiger partial charge in [-0.15, -0.1) is 0 Å². The summed E-state index contributed by atoms with van der Waals surface area (Å²) < 4.78 is 0. The highest BCUT2D eigenvalue weighted by molar-refractivity contribution is 5.90. The Morgan fingerprint density at radius 2 is 1.53 bits per heavy atom. The first-order valence-electron chi connectivity index (χ1n) is 11.4. The molecule has 156 valence electrons. The SMILES string of the molecule is c1ccc(CN2CCN(c3nc(NC4CCCCC4)c4ccccc4n3)CC2)cc1. The summed E-state index contributed by atoms with van der Waals surface area (Å²) >= 11 is 0. The van der Waals surface area contributed by atoms with Crippen molar-refractivity contribution in [3.8, 4) is 0 Å². The molecule has 1 aliphatic carbocycles. The Morgan fingerprint density at radius 3 is 2.33 bits per heavy atom. The third kappa shape index (κ3) is 4.41. The van der Waals surface area contributed by atoms with Gasteiger partial charge < -0.3 is 10.2 Å². The number of para-hydroxylation sites is 1. The van der Waals surface area contributed by atoms with Crippen LogP contribution in [0.1, 0.15) is 37.7 Å². The Morgan fingerprint density at radius 1 is 0.800 bits per heavy atom. The maximum Gasteiger partial charge on any atom is 0.227 e. The Kier molecular flexibility index (Phi) is 5.80. The molecule has 0 spiro atoms. The number of fused-ring (bicyclic) bond motifs is 1. The standard InChI is InChI=1S/C25H31N5/c1-3-9-20(10-4-1)19-29-15-17-30(18-16-29)25-27-23-14-8-7-13-22(23)24(28-25)26-21-11-5-2-6-12-21/h1,3-4,7-10,13-14,21H,2,5-6,11-12,15-19H2,(H,26,27,28). The molecule has 30 heavy (non-hydrogen) atoms. The second-order valence-electron chi connectivity index (χ2n) is 8.62. The van der Waals surface area contributed by atoms with Gasteiger partial charge in [0, 0.05) is 44.2 Å². The van der Waals surface area contributed by atoms with Gasteiger partial charge in [0.15, 0.2) is 0 Å². The van der Waals surface area contributed by atoms with Gasteiger partial charge in [-0.2, -0.15) is 4.98 Å². The maximum atomic E-state index is 5.01. The van der Waals surface area contributed by atoms with Crippen LogP contribution >= 0.6 is 0 Å². The Hall–Kier alpha value is -2.66. The first-order chi connectivity index (χ1) is 14.8. The number of anilines is 2. The number of piperazine rings is 1. The highest BCUT2D eigenvalue weighted by atomic mass is 15.3. The quantitative estimate of drug-likeness (QED) is 0.672. The van der Waals surface area contributed by atoms with Crippen LogP contribution in [0.3, 0.4) is 0 Å². The van der Waals surface area contributed by atoms with Crippen molar-refractivity contribution in [3.63, 3.8) is 0 Å². The first kappa shape index (κ1) is 19.3. The molecule has 5 rings (SSSR count). The number of nitrogens with one attached hydrogen (secondary N) is 1. The lowest BCUT2D eigenvalue weighted by Crippen LogP contribution is -2.46. The lowest BCUT2D eigenvalue weighted by Gasteiger charge is -2.35. The van der Waals surface area contributed by atoms with E-state index in [1.165, 1.54) is 37.7 Å². The van der Waals surface area contributed by atoms with Crippen molar-refractivity contribution >= 4 is 22.7 Å². The molecule has 0 radical (unpaired) electrons. The second kappa shape index (κ2) is 9.00. The predicted octanol–water partition coefficient (Wildman–Crippen LogP) is 4.70. The smallest absolute Gasteiger partial charge is 0.227 e. The summed E-state index contributed by atoms with van der Waals surface area (Å²) in [5.74, 6) is 1.88. The van der Waals surface area contributed by atoms with E-state index in [-0.39, 0.29) is 0 Å². The Labute approximate surface area is 179 Å². The minimum atomic E-state index is 0.535. The zero-order valence-electron chi connectivity index (χ0n) is 17.6. The summed E-state index contributed by atoms with van der Waals surface area (Å²) in [6.45, 7) is 5.02. The molecule has 1 N–H and O–H groups in total. The van der Waals surface area contributed by atoms with Gasteiger partial charge in [0.05, 0.1) is 5.52 Å². The number of hydrogen-bond donors (Lipinski definition) is 1. The second-order valence-corrected chi connectivity index (χ2v) is 8.62. The molecule has 5 heteroatoms. The van der Waals surface area contributed by atoms with E-state index in [0.717, 1.165) is 55.4 Å². The summed E-state index contributed by atoms with van der Waals surface area (Å²) in [6.07, 6.45) is 6.48. The monoisotopic (exact) mass is 401 g/mol. The molecule has 2 fully saturated rings. The fraction of sp³-hybridized carbons (Fsp3) is 0.440. The fourth-order valence-electron chi connectivity index (χ4n) is 4.70. The molecule has 0 bridgehead atoms. The zero-order chi connectivity index (χ0) is 20.2. The summed E-state index contributed by atoms with van der Waals surface area (Å²) in [5, 5.41) is 4.89. The first-order valence-corrected chi connectivity index (χ1v) is 11.4. The van der Waals surface area contributed by atoms with Crippen LogP contribution in [-0.2, 0) is 6.54 Å². The average Bonchev–Trinajstić information content (AvgIpc) is 2.81. The normalized spacial score (nSPS) is 18.6.